The Labute approximate surface area is 144 Å². The lowest BCUT2D eigenvalue weighted by atomic mass is 9.88. The van der Waals surface area contributed by atoms with Crippen LogP contribution in [0.3, 0.4) is 0 Å². The number of benzene rings is 1. The highest BCUT2D eigenvalue weighted by Crippen LogP contribution is 2.25. The molecule has 0 aliphatic rings. The number of aliphatic carboxylic acids is 1. The maximum absolute atomic E-state index is 11.8. The Morgan fingerprint density at radius 3 is 2.14 bits per heavy atom. The lowest BCUT2D eigenvalue weighted by Gasteiger charge is -2.22. The van der Waals surface area contributed by atoms with Crippen LogP contribution in [-0.4, -0.2) is 23.5 Å². The van der Waals surface area contributed by atoms with E-state index in [0.717, 1.165) is 5.56 Å². The Morgan fingerprint density at radius 2 is 1.68 bits per heavy atom. The van der Waals surface area contributed by atoms with Crippen molar-refractivity contribution in [1.29, 1.82) is 0 Å². The largest absolute Gasteiger partial charge is 0.477 e. The number of carboxylic acid groups (broad SMARTS) is 1. The van der Waals surface area contributed by atoms with Gasteiger partial charge in [-0.05, 0) is 23.6 Å². The molecule has 1 atom stereocenters. The molecular formula is C15H16Cl3NO3. The van der Waals surface area contributed by atoms with Crippen molar-refractivity contribution in [1.82, 2.24) is 5.32 Å². The zero-order valence-electron chi connectivity index (χ0n) is 12.1. The summed E-state index contributed by atoms with van der Waals surface area (Å²) >= 11 is 17.0. The second-order valence-electron chi connectivity index (χ2n) is 5.05. The van der Waals surface area contributed by atoms with Crippen molar-refractivity contribution in [2.75, 3.05) is 6.54 Å². The fourth-order valence-corrected chi connectivity index (χ4v) is 2.28. The molecule has 1 rings (SSSR count). The molecule has 0 bridgehead atoms. The van der Waals surface area contributed by atoms with Crippen molar-refractivity contribution in [3.63, 3.8) is 0 Å². The molecule has 0 saturated heterocycles. The van der Waals surface area contributed by atoms with Gasteiger partial charge in [-0.1, -0.05) is 60.8 Å². The molecule has 0 heterocycles. The number of nitrogens with one attached hydrogen (secondary N) is 1. The van der Waals surface area contributed by atoms with Crippen molar-refractivity contribution in [3.05, 3.63) is 44.9 Å². The highest BCUT2D eigenvalue weighted by molar-refractivity contribution is 6.53. The number of carbonyl (C=O) groups is 2. The van der Waals surface area contributed by atoms with Gasteiger partial charge >= 0.3 is 5.97 Å². The third kappa shape index (κ3) is 5.20. The molecule has 7 heteroatoms. The van der Waals surface area contributed by atoms with Gasteiger partial charge in [-0.3, -0.25) is 4.79 Å². The number of halogens is 3. The smallest absolute Gasteiger partial charge is 0.349 e. The van der Waals surface area contributed by atoms with E-state index in [0.29, 0.717) is 11.6 Å². The van der Waals surface area contributed by atoms with E-state index in [1.807, 2.05) is 26.0 Å². The van der Waals surface area contributed by atoms with Crippen LogP contribution in [-0.2, 0) is 9.59 Å². The van der Waals surface area contributed by atoms with Gasteiger partial charge in [0.1, 0.15) is 10.1 Å². The van der Waals surface area contributed by atoms with Gasteiger partial charge in [-0.2, -0.15) is 0 Å². The van der Waals surface area contributed by atoms with E-state index >= 15 is 0 Å². The molecule has 0 aliphatic carbocycles. The van der Waals surface area contributed by atoms with Gasteiger partial charge in [0.15, 0.2) is 0 Å². The topological polar surface area (TPSA) is 66.4 Å². The average Bonchev–Trinajstić information content (AvgIpc) is 2.47. The molecule has 0 aromatic heterocycles. The van der Waals surface area contributed by atoms with Crippen LogP contribution in [0.4, 0.5) is 0 Å². The van der Waals surface area contributed by atoms with Crippen LogP contribution in [0.5, 0.6) is 0 Å². The summed E-state index contributed by atoms with van der Waals surface area (Å²) in [4.78, 5) is 22.5. The zero-order valence-corrected chi connectivity index (χ0v) is 14.3. The minimum Gasteiger partial charge on any atom is -0.477 e. The number of carbonyl (C=O) groups excluding carboxylic acids is 1. The summed E-state index contributed by atoms with van der Waals surface area (Å²) in [6, 6.07) is 7.34. The molecule has 0 radical (unpaired) electrons. The molecule has 0 aliphatic heterocycles. The number of rotatable bonds is 6. The lowest BCUT2D eigenvalue weighted by Crippen LogP contribution is -2.31. The van der Waals surface area contributed by atoms with E-state index in [4.69, 9.17) is 39.9 Å². The van der Waals surface area contributed by atoms with E-state index in [1.54, 1.807) is 12.1 Å². The normalized spacial score (nSPS) is 13.5. The predicted molar refractivity (Wildman–Crippen MR) is 88.4 cm³/mol. The van der Waals surface area contributed by atoms with E-state index in [1.165, 1.54) is 0 Å². The van der Waals surface area contributed by atoms with Gasteiger partial charge in [0, 0.05) is 17.5 Å². The Balaban J connectivity index is 2.82. The van der Waals surface area contributed by atoms with Gasteiger partial charge in [-0.25, -0.2) is 4.79 Å². The summed E-state index contributed by atoms with van der Waals surface area (Å²) < 4.78 is 0. The quantitative estimate of drug-likeness (QED) is 0.751. The third-order valence-electron chi connectivity index (χ3n) is 3.17. The first-order chi connectivity index (χ1) is 10.2. The zero-order chi connectivity index (χ0) is 16.9. The van der Waals surface area contributed by atoms with Crippen molar-refractivity contribution < 1.29 is 14.7 Å². The maximum Gasteiger partial charge on any atom is 0.349 e. The summed E-state index contributed by atoms with van der Waals surface area (Å²) in [5, 5.41) is 10.7. The highest BCUT2D eigenvalue weighted by Gasteiger charge is 2.20. The molecule has 1 aromatic carbocycles. The molecular weight excluding hydrogens is 349 g/mol. The van der Waals surface area contributed by atoms with E-state index in [2.05, 4.69) is 5.32 Å². The molecule has 120 valence electrons. The van der Waals surface area contributed by atoms with Gasteiger partial charge in [0.2, 0.25) is 0 Å². The van der Waals surface area contributed by atoms with Crippen molar-refractivity contribution >= 4 is 46.7 Å². The summed E-state index contributed by atoms with van der Waals surface area (Å²) in [5.41, 5.74) is 1.02. The van der Waals surface area contributed by atoms with Crippen LogP contribution < -0.4 is 5.32 Å². The van der Waals surface area contributed by atoms with Crippen LogP contribution in [0.2, 0.25) is 5.02 Å². The fourth-order valence-electron chi connectivity index (χ4n) is 1.92. The minimum absolute atomic E-state index is 0.0364. The molecule has 0 spiro atoms. The Kier molecular flexibility index (Phi) is 7.20. The minimum atomic E-state index is -1.44. The van der Waals surface area contributed by atoms with E-state index < -0.39 is 21.9 Å². The van der Waals surface area contributed by atoms with Crippen LogP contribution >= 0.6 is 34.8 Å². The first-order valence-electron chi connectivity index (χ1n) is 6.56. The molecule has 1 unspecified atom stereocenters. The first kappa shape index (κ1) is 18.8. The first-order valence-corrected chi connectivity index (χ1v) is 7.69. The van der Waals surface area contributed by atoms with Crippen LogP contribution in [0.15, 0.2) is 34.3 Å². The van der Waals surface area contributed by atoms with Crippen LogP contribution in [0, 0.1) is 5.92 Å². The van der Waals surface area contributed by atoms with Gasteiger partial charge in [0.05, 0.1) is 0 Å². The molecule has 0 saturated carbocycles. The average molecular weight is 365 g/mol. The Hall–Kier alpha value is -1.23. The standard InChI is InChI=1S/C15H16Cl3NO3/c1-8(2)11(9-3-5-10(16)6-4-9)7-19-14(20)12(17)13(18)15(21)22/h3-6,8,11H,7H2,1-2H3,(H,19,20)(H,21,22)/b13-12-. The molecule has 1 aromatic rings. The van der Waals surface area contributed by atoms with Crippen molar-refractivity contribution in [2.24, 2.45) is 5.92 Å². The van der Waals surface area contributed by atoms with Gasteiger partial charge in [-0.15, -0.1) is 0 Å². The second-order valence-corrected chi connectivity index (χ2v) is 6.24. The van der Waals surface area contributed by atoms with Gasteiger partial charge < -0.3 is 10.4 Å². The SMILES string of the molecule is CC(C)C(CNC(=O)/C(Cl)=C(/Cl)C(=O)O)c1ccc(Cl)cc1. The lowest BCUT2D eigenvalue weighted by molar-refractivity contribution is -0.132. The van der Waals surface area contributed by atoms with Crippen LogP contribution in [0.1, 0.15) is 25.3 Å². The van der Waals surface area contributed by atoms with Gasteiger partial charge in [0.25, 0.3) is 5.91 Å². The van der Waals surface area contributed by atoms with Crippen molar-refractivity contribution in [3.8, 4) is 0 Å². The maximum atomic E-state index is 11.8. The molecule has 0 fully saturated rings. The predicted octanol–water partition coefficient (Wildman–Crippen LogP) is 3.97. The van der Waals surface area contributed by atoms with E-state index in [-0.39, 0.29) is 11.8 Å². The second kappa shape index (κ2) is 8.42. The summed E-state index contributed by atoms with van der Waals surface area (Å²) in [7, 11) is 0. The Morgan fingerprint density at radius 1 is 1.14 bits per heavy atom. The van der Waals surface area contributed by atoms with Crippen molar-refractivity contribution in [2.45, 2.75) is 19.8 Å². The molecule has 4 nitrogen and oxygen atoms in total. The number of hydrogen-bond donors (Lipinski definition) is 2. The monoisotopic (exact) mass is 363 g/mol. The number of carboxylic acids is 1. The summed E-state index contributed by atoms with van der Waals surface area (Å²) in [6.45, 7) is 4.35. The molecule has 1 amide bonds. The summed E-state index contributed by atoms with van der Waals surface area (Å²) in [5.74, 6) is -1.87. The number of amides is 1. The van der Waals surface area contributed by atoms with E-state index in [9.17, 15) is 9.59 Å². The number of hydrogen-bond acceptors (Lipinski definition) is 2. The highest BCUT2D eigenvalue weighted by atomic mass is 35.5. The molecule has 22 heavy (non-hydrogen) atoms. The fraction of sp³-hybridized carbons (Fsp3) is 0.333. The molecule has 2 N–H and O–H groups in total. The Bertz CT molecular complexity index is 582. The summed E-state index contributed by atoms with van der Waals surface area (Å²) in [6.07, 6.45) is 0. The third-order valence-corrected chi connectivity index (χ3v) is 4.23. The van der Waals surface area contributed by atoms with Crippen LogP contribution in [0.25, 0.3) is 0 Å².